The minimum Gasteiger partial charge on any atom is -0.334 e. The van der Waals surface area contributed by atoms with Crippen molar-refractivity contribution in [3.05, 3.63) is 29.3 Å². The van der Waals surface area contributed by atoms with Gasteiger partial charge >= 0.3 is 0 Å². The van der Waals surface area contributed by atoms with Gasteiger partial charge in [-0.3, -0.25) is 14.4 Å². The number of anilines is 1. The van der Waals surface area contributed by atoms with E-state index in [1.165, 1.54) is 13.8 Å². The second-order valence-corrected chi connectivity index (χ2v) is 6.90. The molecule has 1 fully saturated rings. The van der Waals surface area contributed by atoms with E-state index in [1.807, 2.05) is 43.9 Å². The fourth-order valence-electron chi connectivity index (χ4n) is 3.27. The van der Waals surface area contributed by atoms with E-state index in [0.29, 0.717) is 12.8 Å². The highest BCUT2D eigenvalue weighted by atomic mass is 16.2. The van der Waals surface area contributed by atoms with Gasteiger partial charge < -0.3 is 10.2 Å². The molecule has 1 saturated heterocycles. The van der Waals surface area contributed by atoms with Gasteiger partial charge in [0, 0.05) is 30.6 Å². The van der Waals surface area contributed by atoms with Crippen molar-refractivity contribution < 1.29 is 14.4 Å². The minimum atomic E-state index is -1.17. The maximum absolute atomic E-state index is 12.1. The van der Waals surface area contributed by atoms with Crippen LogP contribution in [0.2, 0.25) is 0 Å². The van der Waals surface area contributed by atoms with Gasteiger partial charge in [-0.25, -0.2) is 0 Å². The Morgan fingerprint density at radius 1 is 1.35 bits per heavy atom. The highest BCUT2D eigenvalue weighted by Gasteiger charge is 2.32. The van der Waals surface area contributed by atoms with Gasteiger partial charge in [-0.05, 0) is 57.4 Å². The van der Waals surface area contributed by atoms with E-state index < -0.39 is 5.54 Å². The van der Waals surface area contributed by atoms with Crippen molar-refractivity contribution in [2.24, 2.45) is 0 Å². The lowest BCUT2D eigenvalue weighted by atomic mass is 9.91. The third-order valence-electron chi connectivity index (χ3n) is 4.90. The molecular formula is C21H26N2O3. The molecule has 0 spiro atoms. The van der Waals surface area contributed by atoms with Gasteiger partial charge in [-0.15, -0.1) is 0 Å². The zero-order chi connectivity index (χ0) is 19.5. The Balaban J connectivity index is 2.36. The van der Waals surface area contributed by atoms with Crippen LogP contribution >= 0.6 is 0 Å². The smallest absolute Gasteiger partial charge is 0.227 e. The van der Waals surface area contributed by atoms with Gasteiger partial charge in [-0.1, -0.05) is 18.8 Å². The number of carbonyl (C=O) groups is 3. The molecule has 1 aromatic rings. The molecule has 0 saturated carbocycles. The Morgan fingerprint density at radius 3 is 2.50 bits per heavy atom. The number of rotatable bonds is 4. The van der Waals surface area contributed by atoms with Crippen molar-refractivity contribution in [1.82, 2.24) is 5.32 Å². The average Bonchev–Trinajstić information content (AvgIpc) is 2.90. The standard InChI is InChI=1S/C21H26N2O3/c1-6-21(16(4)24,22-17(5)25)12-11-18-8-9-19(13-14(18)2)23-15(3)7-10-20(23)26/h8-9,13,15H,6-7,10H2,1-5H3,(H,22,25)/t15?,21-/m0/s1. The summed E-state index contributed by atoms with van der Waals surface area (Å²) in [5, 5.41) is 2.68. The van der Waals surface area contributed by atoms with E-state index in [4.69, 9.17) is 0 Å². The first kappa shape index (κ1) is 19.7. The molecule has 138 valence electrons. The number of Topliss-reactive ketones (excluding diaryl/α,β-unsaturated/α-hetero) is 1. The Morgan fingerprint density at radius 2 is 2.04 bits per heavy atom. The summed E-state index contributed by atoms with van der Waals surface area (Å²) in [6.07, 6.45) is 1.84. The van der Waals surface area contributed by atoms with Gasteiger partial charge in [0.1, 0.15) is 0 Å². The van der Waals surface area contributed by atoms with E-state index in [1.54, 1.807) is 0 Å². The van der Waals surface area contributed by atoms with Crippen molar-refractivity contribution in [2.45, 2.75) is 65.5 Å². The van der Waals surface area contributed by atoms with Gasteiger partial charge in [0.05, 0.1) is 0 Å². The second kappa shape index (κ2) is 7.74. The molecule has 0 aliphatic carbocycles. The first-order valence-corrected chi connectivity index (χ1v) is 8.96. The molecule has 5 heteroatoms. The van der Waals surface area contributed by atoms with Crippen LogP contribution in [0.5, 0.6) is 0 Å². The molecule has 0 bridgehead atoms. The normalized spacial score (nSPS) is 18.7. The number of amides is 2. The highest BCUT2D eigenvalue weighted by Crippen LogP contribution is 2.28. The lowest BCUT2D eigenvalue weighted by Gasteiger charge is -2.25. The van der Waals surface area contributed by atoms with E-state index >= 15 is 0 Å². The maximum atomic E-state index is 12.1. The predicted molar refractivity (Wildman–Crippen MR) is 102 cm³/mol. The molecule has 1 N–H and O–H groups in total. The number of nitrogens with zero attached hydrogens (tertiary/aromatic N) is 1. The van der Waals surface area contributed by atoms with Crippen LogP contribution in [-0.2, 0) is 14.4 Å². The number of aryl methyl sites for hydroxylation is 1. The van der Waals surface area contributed by atoms with Crippen molar-refractivity contribution in [3.8, 4) is 11.8 Å². The lowest BCUT2D eigenvalue weighted by Crippen LogP contribution is -2.51. The van der Waals surface area contributed by atoms with E-state index in [9.17, 15) is 14.4 Å². The predicted octanol–water partition coefficient (Wildman–Crippen LogP) is 2.74. The third kappa shape index (κ3) is 3.96. The largest absolute Gasteiger partial charge is 0.334 e. The molecule has 1 unspecified atom stereocenters. The molecule has 1 aliphatic rings. The molecule has 5 nitrogen and oxygen atoms in total. The number of nitrogens with one attached hydrogen (secondary N) is 1. The number of carbonyl (C=O) groups excluding carboxylic acids is 3. The summed E-state index contributed by atoms with van der Waals surface area (Å²) in [7, 11) is 0. The fourth-order valence-corrected chi connectivity index (χ4v) is 3.27. The average molecular weight is 354 g/mol. The molecular weight excluding hydrogens is 328 g/mol. The van der Waals surface area contributed by atoms with E-state index in [0.717, 1.165) is 23.2 Å². The summed E-state index contributed by atoms with van der Waals surface area (Å²) in [5.41, 5.74) is 1.41. The topological polar surface area (TPSA) is 66.5 Å². The number of hydrogen-bond acceptors (Lipinski definition) is 3. The van der Waals surface area contributed by atoms with Crippen molar-refractivity contribution in [3.63, 3.8) is 0 Å². The van der Waals surface area contributed by atoms with Gasteiger partial charge in [-0.2, -0.15) is 0 Å². The Labute approximate surface area is 155 Å². The molecule has 1 aliphatic heterocycles. The highest BCUT2D eigenvalue weighted by molar-refractivity contribution is 5.96. The Kier molecular flexibility index (Phi) is 5.86. The summed E-state index contributed by atoms with van der Waals surface area (Å²) in [6, 6.07) is 5.90. The molecule has 0 aromatic heterocycles. The molecule has 1 heterocycles. The molecule has 2 amide bonds. The molecule has 26 heavy (non-hydrogen) atoms. The van der Waals surface area contributed by atoms with Gasteiger partial charge in [0.2, 0.25) is 11.8 Å². The van der Waals surface area contributed by atoms with Crippen LogP contribution in [0, 0.1) is 18.8 Å². The maximum Gasteiger partial charge on any atom is 0.227 e. The minimum absolute atomic E-state index is 0.142. The third-order valence-corrected chi connectivity index (χ3v) is 4.90. The van der Waals surface area contributed by atoms with Crippen molar-refractivity contribution >= 4 is 23.3 Å². The zero-order valence-corrected chi connectivity index (χ0v) is 16.1. The molecule has 1 aromatic carbocycles. The first-order valence-electron chi connectivity index (χ1n) is 8.96. The summed E-state index contributed by atoms with van der Waals surface area (Å²) in [6.45, 7) is 8.61. The van der Waals surface area contributed by atoms with Crippen molar-refractivity contribution in [2.75, 3.05) is 4.90 Å². The second-order valence-electron chi connectivity index (χ2n) is 6.90. The Bertz CT molecular complexity index is 803. The summed E-state index contributed by atoms with van der Waals surface area (Å²) in [5.74, 6) is 5.68. The molecule has 2 atom stereocenters. The van der Waals surface area contributed by atoms with Gasteiger partial charge in [0.25, 0.3) is 0 Å². The number of benzene rings is 1. The quantitative estimate of drug-likeness (QED) is 0.846. The van der Waals surface area contributed by atoms with E-state index in [-0.39, 0.29) is 23.6 Å². The number of hydrogen-bond donors (Lipinski definition) is 1. The lowest BCUT2D eigenvalue weighted by molar-refractivity contribution is -0.128. The summed E-state index contributed by atoms with van der Waals surface area (Å²) >= 11 is 0. The number of ketones is 1. The van der Waals surface area contributed by atoms with Crippen LogP contribution in [0.3, 0.4) is 0 Å². The monoisotopic (exact) mass is 354 g/mol. The van der Waals surface area contributed by atoms with Crippen molar-refractivity contribution in [1.29, 1.82) is 0 Å². The van der Waals surface area contributed by atoms with Crippen LogP contribution in [0.25, 0.3) is 0 Å². The van der Waals surface area contributed by atoms with E-state index in [2.05, 4.69) is 17.2 Å². The first-order chi connectivity index (χ1) is 12.2. The van der Waals surface area contributed by atoms with Crippen LogP contribution in [0.4, 0.5) is 5.69 Å². The van der Waals surface area contributed by atoms with Crippen LogP contribution in [0.1, 0.15) is 58.1 Å². The fraction of sp³-hybridized carbons (Fsp3) is 0.476. The van der Waals surface area contributed by atoms with Crippen LogP contribution in [0.15, 0.2) is 18.2 Å². The van der Waals surface area contributed by atoms with Crippen LogP contribution < -0.4 is 10.2 Å². The molecule has 0 radical (unpaired) electrons. The Hall–Kier alpha value is -2.61. The SMILES string of the molecule is CC[C@@](C#Cc1ccc(N2C(=O)CCC2C)cc1C)(NC(C)=O)C(C)=O. The summed E-state index contributed by atoms with van der Waals surface area (Å²) in [4.78, 5) is 37.5. The summed E-state index contributed by atoms with van der Waals surface area (Å²) < 4.78 is 0. The zero-order valence-electron chi connectivity index (χ0n) is 16.1. The van der Waals surface area contributed by atoms with Crippen LogP contribution in [-0.4, -0.2) is 29.2 Å². The van der Waals surface area contributed by atoms with Gasteiger partial charge in [0.15, 0.2) is 11.3 Å². The molecule has 2 rings (SSSR count).